The molecule has 0 aliphatic rings. The molecule has 1 unspecified atom stereocenters. The molecule has 1 aromatic heterocycles. The standard InChI is InChI=1S/C23H26N4O6S/c1-15-5-11-18(12-6-15)34(31,32)27(3)22-19(14-24-26(22)2)21(29)25-20(23(30)33-4)13-16-7-9-17(28)10-8-16/h5-12,14,20,28H,13H2,1-4H3,(H,25,29). The smallest absolute Gasteiger partial charge is 0.328 e. The molecule has 0 fully saturated rings. The number of carbonyl (C=O) groups is 2. The third-order valence-corrected chi connectivity index (χ3v) is 7.06. The van der Waals surface area contributed by atoms with Crippen LogP contribution in [0, 0.1) is 6.92 Å². The second kappa shape index (κ2) is 9.96. The molecule has 0 radical (unpaired) electrons. The van der Waals surface area contributed by atoms with E-state index in [1.165, 1.54) is 56.3 Å². The van der Waals surface area contributed by atoms with Crippen LogP contribution < -0.4 is 9.62 Å². The molecule has 11 heteroatoms. The number of aromatic hydroxyl groups is 1. The number of aromatic nitrogens is 2. The Labute approximate surface area is 197 Å². The Morgan fingerprint density at radius 2 is 1.76 bits per heavy atom. The number of ether oxygens (including phenoxy) is 1. The average Bonchev–Trinajstić information content (AvgIpc) is 3.20. The van der Waals surface area contributed by atoms with E-state index < -0.39 is 27.9 Å². The van der Waals surface area contributed by atoms with Gasteiger partial charge in [-0.3, -0.25) is 13.8 Å². The zero-order valence-electron chi connectivity index (χ0n) is 19.2. The van der Waals surface area contributed by atoms with Crippen molar-refractivity contribution in [2.24, 2.45) is 7.05 Å². The molecule has 10 nitrogen and oxygen atoms in total. The fraction of sp³-hybridized carbons (Fsp3) is 0.261. The monoisotopic (exact) mass is 486 g/mol. The number of nitrogens with zero attached hydrogens (tertiary/aromatic N) is 3. The molecule has 34 heavy (non-hydrogen) atoms. The third kappa shape index (κ3) is 5.20. The minimum absolute atomic E-state index is 0.0275. The van der Waals surface area contributed by atoms with Crippen molar-refractivity contribution in [3.05, 3.63) is 71.4 Å². The number of esters is 1. The Bertz CT molecular complexity index is 1280. The van der Waals surface area contributed by atoms with Gasteiger partial charge in [0, 0.05) is 20.5 Å². The summed E-state index contributed by atoms with van der Waals surface area (Å²) in [6.07, 6.45) is 1.34. The molecule has 0 aliphatic heterocycles. The fourth-order valence-electron chi connectivity index (χ4n) is 3.39. The average molecular weight is 487 g/mol. The minimum atomic E-state index is -3.98. The summed E-state index contributed by atoms with van der Waals surface area (Å²) >= 11 is 0. The summed E-state index contributed by atoms with van der Waals surface area (Å²) in [7, 11) is 0.0679. The van der Waals surface area contributed by atoms with Crippen molar-refractivity contribution in [1.29, 1.82) is 0 Å². The first kappa shape index (κ1) is 24.8. The molecule has 180 valence electrons. The number of benzene rings is 2. The number of phenols is 1. The van der Waals surface area contributed by atoms with E-state index in [9.17, 15) is 23.1 Å². The van der Waals surface area contributed by atoms with Gasteiger partial charge in [0.15, 0.2) is 5.82 Å². The molecule has 1 atom stereocenters. The number of hydrogen-bond donors (Lipinski definition) is 2. The van der Waals surface area contributed by atoms with Crippen molar-refractivity contribution in [3.8, 4) is 5.75 Å². The molecule has 3 aromatic rings. The molecular formula is C23H26N4O6S. The molecule has 2 aromatic carbocycles. The van der Waals surface area contributed by atoms with Gasteiger partial charge in [0.1, 0.15) is 17.4 Å². The van der Waals surface area contributed by atoms with Crippen LogP contribution in [0.3, 0.4) is 0 Å². The number of aryl methyl sites for hydroxylation is 2. The highest BCUT2D eigenvalue weighted by atomic mass is 32.2. The number of hydrogen-bond acceptors (Lipinski definition) is 7. The van der Waals surface area contributed by atoms with Crippen molar-refractivity contribution in [2.45, 2.75) is 24.3 Å². The molecule has 2 N–H and O–H groups in total. The minimum Gasteiger partial charge on any atom is -0.508 e. The molecule has 0 bridgehead atoms. The van der Waals surface area contributed by atoms with Crippen molar-refractivity contribution in [3.63, 3.8) is 0 Å². The normalized spacial score (nSPS) is 12.1. The molecule has 0 saturated carbocycles. The van der Waals surface area contributed by atoms with Crippen LogP contribution in [0.5, 0.6) is 5.75 Å². The highest BCUT2D eigenvalue weighted by Crippen LogP contribution is 2.25. The second-order valence-corrected chi connectivity index (χ2v) is 9.68. The summed E-state index contributed by atoms with van der Waals surface area (Å²) in [6, 6.07) is 11.5. The van der Waals surface area contributed by atoms with Gasteiger partial charge in [-0.15, -0.1) is 0 Å². The van der Waals surface area contributed by atoms with E-state index in [0.29, 0.717) is 5.56 Å². The quantitative estimate of drug-likeness (QED) is 0.464. The number of amides is 1. The SMILES string of the molecule is COC(=O)C(Cc1ccc(O)cc1)NC(=O)c1cnn(C)c1N(C)S(=O)(=O)c1ccc(C)cc1. The van der Waals surface area contributed by atoms with Crippen LogP contribution in [0.2, 0.25) is 0 Å². The molecule has 0 aliphatic carbocycles. The summed E-state index contributed by atoms with van der Waals surface area (Å²) < 4.78 is 33.4. The van der Waals surface area contributed by atoms with Gasteiger partial charge < -0.3 is 15.2 Å². The lowest BCUT2D eigenvalue weighted by Gasteiger charge is -2.22. The Kier molecular flexibility index (Phi) is 7.26. The van der Waals surface area contributed by atoms with E-state index in [4.69, 9.17) is 4.74 Å². The maximum Gasteiger partial charge on any atom is 0.328 e. The predicted molar refractivity (Wildman–Crippen MR) is 125 cm³/mol. The Morgan fingerprint density at radius 3 is 2.35 bits per heavy atom. The number of phenolic OH excluding ortho intramolecular Hbond substituents is 1. The number of carbonyl (C=O) groups excluding carboxylic acids is 2. The number of sulfonamides is 1. The van der Waals surface area contributed by atoms with Crippen LogP contribution >= 0.6 is 0 Å². The lowest BCUT2D eigenvalue weighted by Crippen LogP contribution is -2.43. The maximum absolute atomic E-state index is 13.2. The summed E-state index contributed by atoms with van der Waals surface area (Å²) in [5.41, 5.74) is 1.56. The van der Waals surface area contributed by atoms with Gasteiger partial charge in [0.05, 0.1) is 18.2 Å². The second-order valence-electron chi connectivity index (χ2n) is 7.71. The van der Waals surface area contributed by atoms with E-state index in [2.05, 4.69) is 10.4 Å². The topological polar surface area (TPSA) is 131 Å². The molecule has 1 heterocycles. The Balaban J connectivity index is 1.89. The van der Waals surface area contributed by atoms with Crippen LogP contribution in [0.1, 0.15) is 21.5 Å². The molecular weight excluding hydrogens is 460 g/mol. The Morgan fingerprint density at radius 1 is 1.15 bits per heavy atom. The number of nitrogens with one attached hydrogen (secondary N) is 1. The molecule has 0 saturated heterocycles. The van der Waals surface area contributed by atoms with E-state index in [1.807, 2.05) is 6.92 Å². The first-order valence-electron chi connectivity index (χ1n) is 10.3. The van der Waals surface area contributed by atoms with Crippen LogP contribution in [0.4, 0.5) is 5.82 Å². The van der Waals surface area contributed by atoms with E-state index in [1.54, 1.807) is 24.3 Å². The van der Waals surface area contributed by atoms with Crippen LogP contribution in [-0.4, -0.2) is 55.4 Å². The summed E-state index contributed by atoms with van der Waals surface area (Å²) in [5.74, 6) is -1.26. The van der Waals surface area contributed by atoms with E-state index >= 15 is 0 Å². The summed E-state index contributed by atoms with van der Waals surface area (Å²) in [6.45, 7) is 1.85. The molecule has 1 amide bonds. The highest BCUT2D eigenvalue weighted by molar-refractivity contribution is 7.92. The zero-order valence-corrected chi connectivity index (χ0v) is 20.0. The molecule has 0 spiro atoms. The van der Waals surface area contributed by atoms with Crippen LogP contribution in [0.25, 0.3) is 0 Å². The first-order chi connectivity index (χ1) is 16.0. The lowest BCUT2D eigenvalue weighted by molar-refractivity contribution is -0.142. The van der Waals surface area contributed by atoms with E-state index in [-0.39, 0.29) is 28.4 Å². The first-order valence-corrected chi connectivity index (χ1v) is 11.7. The lowest BCUT2D eigenvalue weighted by atomic mass is 10.1. The van der Waals surface area contributed by atoms with Crippen LogP contribution in [-0.2, 0) is 33.0 Å². The number of methoxy groups -OCH3 is 1. The van der Waals surface area contributed by atoms with Gasteiger partial charge in [-0.25, -0.2) is 13.2 Å². The van der Waals surface area contributed by atoms with Gasteiger partial charge in [-0.05, 0) is 36.8 Å². The van der Waals surface area contributed by atoms with Gasteiger partial charge in [0.25, 0.3) is 15.9 Å². The van der Waals surface area contributed by atoms with Gasteiger partial charge >= 0.3 is 5.97 Å². The van der Waals surface area contributed by atoms with Gasteiger partial charge in [0.2, 0.25) is 0 Å². The van der Waals surface area contributed by atoms with Crippen molar-refractivity contribution >= 4 is 27.7 Å². The van der Waals surface area contributed by atoms with Gasteiger partial charge in [-0.2, -0.15) is 5.10 Å². The van der Waals surface area contributed by atoms with Crippen molar-refractivity contribution in [1.82, 2.24) is 15.1 Å². The van der Waals surface area contributed by atoms with Crippen molar-refractivity contribution in [2.75, 3.05) is 18.5 Å². The zero-order chi connectivity index (χ0) is 25.0. The van der Waals surface area contributed by atoms with E-state index in [0.717, 1.165) is 9.87 Å². The largest absolute Gasteiger partial charge is 0.508 e. The Hall–Kier alpha value is -3.86. The van der Waals surface area contributed by atoms with Gasteiger partial charge in [-0.1, -0.05) is 29.8 Å². The summed E-state index contributed by atoms with van der Waals surface area (Å²) in [5, 5.41) is 16.1. The summed E-state index contributed by atoms with van der Waals surface area (Å²) in [4.78, 5) is 25.5. The highest BCUT2D eigenvalue weighted by Gasteiger charge is 2.30. The number of rotatable bonds is 8. The predicted octanol–water partition coefficient (Wildman–Crippen LogP) is 1.77. The maximum atomic E-state index is 13.2. The van der Waals surface area contributed by atoms with Crippen molar-refractivity contribution < 1.29 is 27.9 Å². The van der Waals surface area contributed by atoms with Crippen LogP contribution in [0.15, 0.2) is 59.6 Å². The fourth-order valence-corrected chi connectivity index (χ4v) is 4.63. The number of anilines is 1. The third-order valence-electron chi connectivity index (χ3n) is 5.30. The molecule has 3 rings (SSSR count).